The summed E-state index contributed by atoms with van der Waals surface area (Å²) in [7, 11) is 0. The van der Waals surface area contributed by atoms with Crippen molar-refractivity contribution in [2.75, 3.05) is 0 Å². The maximum atomic E-state index is 10.6. The molecule has 0 amide bonds. The Morgan fingerprint density at radius 1 is 1.57 bits per heavy atom. The number of hydrogen-bond donors (Lipinski definition) is 0. The molecule has 0 radical (unpaired) electrons. The predicted octanol–water partition coefficient (Wildman–Crippen LogP) is 0.926. The third-order valence-corrected chi connectivity index (χ3v) is 1.96. The fourth-order valence-corrected chi connectivity index (χ4v) is 1.26. The van der Waals surface area contributed by atoms with E-state index in [4.69, 9.17) is 4.52 Å². The molecule has 2 heterocycles. The van der Waals surface area contributed by atoms with Crippen molar-refractivity contribution < 1.29 is 9.32 Å². The summed E-state index contributed by atoms with van der Waals surface area (Å²) in [6, 6.07) is 3.60. The summed E-state index contributed by atoms with van der Waals surface area (Å²) in [6.07, 6.45) is 4.68. The molecular weight excluding hydrogens is 182 g/mol. The first-order valence-electron chi connectivity index (χ1n) is 4.26. The molecule has 2 aromatic heterocycles. The van der Waals surface area contributed by atoms with Gasteiger partial charge in [0.1, 0.15) is 0 Å². The monoisotopic (exact) mass is 191 g/mol. The lowest BCUT2D eigenvalue weighted by atomic mass is 10.4. The zero-order chi connectivity index (χ0) is 9.80. The van der Waals surface area contributed by atoms with Gasteiger partial charge in [-0.1, -0.05) is 5.16 Å². The van der Waals surface area contributed by atoms with E-state index in [2.05, 4.69) is 10.1 Å². The highest BCUT2D eigenvalue weighted by Gasteiger charge is 2.02. The number of aromatic nitrogens is 3. The lowest BCUT2D eigenvalue weighted by Crippen LogP contribution is -2.03. The van der Waals surface area contributed by atoms with Crippen molar-refractivity contribution in [2.24, 2.45) is 0 Å². The Kier molecular flexibility index (Phi) is 2.40. The second-order valence-corrected chi connectivity index (χ2v) is 2.83. The van der Waals surface area contributed by atoms with Crippen molar-refractivity contribution in [1.29, 1.82) is 0 Å². The topological polar surface area (TPSA) is 60.9 Å². The lowest BCUT2D eigenvalue weighted by Gasteiger charge is -2.01. The van der Waals surface area contributed by atoms with Crippen molar-refractivity contribution in [1.82, 2.24) is 14.7 Å². The minimum atomic E-state index is 0.579. The molecular formula is C9H9N3O2. The zero-order valence-corrected chi connectivity index (χ0v) is 7.46. The van der Waals surface area contributed by atoms with Gasteiger partial charge in [0.2, 0.25) is 5.89 Å². The van der Waals surface area contributed by atoms with Gasteiger partial charge < -0.3 is 9.09 Å². The second kappa shape index (κ2) is 3.87. The Bertz CT molecular complexity index is 405. The quantitative estimate of drug-likeness (QED) is 0.674. The van der Waals surface area contributed by atoms with E-state index >= 15 is 0 Å². The first-order chi connectivity index (χ1) is 6.90. The molecule has 0 unspecified atom stereocenters. The second-order valence-electron chi connectivity index (χ2n) is 2.83. The molecule has 0 aliphatic heterocycles. The normalized spacial score (nSPS) is 10.3. The van der Waals surface area contributed by atoms with Crippen molar-refractivity contribution >= 4 is 6.29 Å². The molecule has 0 atom stereocenters. The highest BCUT2D eigenvalue weighted by molar-refractivity contribution is 5.72. The Labute approximate surface area is 80.3 Å². The minimum absolute atomic E-state index is 0.579. The highest BCUT2D eigenvalue weighted by atomic mass is 16.5. The van der Waals surface area contributed by atoms with E-state index in [9.17, 15) is 4.79 Å². The fraction of sp³-hybridized carbons (Fsp3) is 0.222. The molecule has 2 aromatic rings. The summed E-state index contributed by atoms with van der Waals surface area (Å²) < 4.78 is 6.69. The van der Waals surface area contributed by atoms with E-state index in [0.29, 0.717) is 24.6 Å². The molecule has 0 bridgehead atoms. The van der Waals surface area contributed by atoms with Gasteiger partial charge >= 0.3 is 0 Å². The SMILES string of the molecule is O=Cc1cccn1CCc1ncno1. The van der Waals surface area contributed by atoms with Crippen LogP contribution in [0.25, 0.3) is 0 Å². The molecule has 72 valence electrons. The Morgan fingerprint density at radius 3 is 3.21 bits per heavy atom. The summed E-state index contributed by atoms with van der Waals surface area (Å²) in [5, 5.41) is 3.50. The molecule has 5 heteroatoms. The van der Waals surface area contributed by atoms with Crippen LogP contribution in [0.1, 0.15) is 16.4 Å². The predicted molar refractivity (Wildman–Crippen MR) is 47.8 cm³/mol. The van der Waals surface area contributed by atoms with Crippen LogP contribution in [0.4, 0.5) is 0 Å². The average molecular weight is 191 g/mol. The third-order valence-electron chi connectivity index (χ3n) is 1.96. The number of hydrogen-bond acceptors (Lipinski definition) is 4. The van der Waals surface area contributed by atoms with E-state index in [1.807, 2.05) is 16.8 Å². The first-order valence-corrected chi connectivity index (χ1v) is 4.26. The van der Waals surface area contributed by atoms with Crippen molar-refractivity contribution in [3.05, 3.63) is 36.2 Å². The van der Waals surface area contributed by atoms with Crippen LogP contribution in [-0.2, 0) is 13.0 Å². The summed E-state index contributed by atoms with van der Waals surface area (Å²) >= 11 is 0. The molecule has 14 heavy (non-hydrogen) atoms. The summed E-state index contributed by atoms with van der Waals surface area (Å²) in [5.74, 6) is 0.579. The highest BCUT2D eigenvalue weighted by Crippen LogP contribution is 2.02. The van der Waals surface area contributed by atoms with Crippen LogP contribution in [-0.4, -0.2) is 21.0 Å². The molecule has 0 fully saturated rings. The maximum Gasteiger partial charge on any atom is 0.228 e. The number of nitrogens with zero attached hydrogens (tertiary/aromatic N) is 3. The van der Waals surface area contributed by atoms with Crippen LogP contribution in [0.15, 0.2) is 29.2 Å². The standard InChI is InChI=1S/C9H9N3O2/c13-6-8-2-1-4-12(8)5-3-9-10-7-11-14-9/h1-2,4,6-7H,3,5H2. The van der Waals surface area contributed by atoms with E-state index < -0.39 is 0 Å². The van der Waals surface area contributed by atoms with Crippen LogP contribution in [0.2, 0.25) is 0 Å². The fourth-order valence-electron chi connectivity index (χ4n) is 1.26. The van der Waals surface area contributed by atoms with Gasteiger partial charge in [0.05, 0.1) is 5.69 Å². The third kappa shape index (κ3) is 1.71. The van der Waals surface area contributed by atoms with Gasteiger partial charge in [-0.15, -0.1) is 0 Å². The molecule has 0 aliphatic rings. The Hall–Kier alpha value is -1.91. The molecule has 0 saturated heterocycles. The molecule has 0 spiro atoms. The van der Waals surface area contributed by atoms with Gasteiger partial charge in [0.25, 0.3) is 0 Å². The van der Waals surface area contributed by atoms with E-state index in [-0.39, 0.29) is 0 Å². The van der Waals surface area contributed by atoms with Gasteiger partial charge in [-0.25, -0.2) is 0 Å². The molecule has 0 saturated carbocycles. The van der Waals surface area contributed by atoms with Crippen molar-refractivity contribution in [2.45, 2.75) is 13.0 Å². The van der Waals surface area contributed by atoms with Crippen LogP contribution >= 0.6 is 0 Å². The van der Waals surface area contributed by atoms with Gasteiger partial charge in [-0.05, 0) is 12.1 Å². The Balaban J connectivity index is 2.01. The van der Waals surface area contributed by atoms with Crippen LogP contribution < -0.4 is 0 Å². The Morgan fingerprint density at radius 2 is 2.50 bits per heavy atom. The van der Waals surface area contributed by atoms with Gasteiger partial charge in [0.15, 0.2) is 12.6 Å². The summed E-state index contributed by atoms with van der Waals surface area (Å²) in [6.45, 7) is 0.670. The number of aldehydes is 1. The van der Waals surface area contributed by atoms with Crippen LogP contribution in [0.3, 0.4) is 0 Å². The lowest BCUT2D eigenvalue weighted by molar-refractivity contribution is 0.111. The number of carbonyl (C=O) groups excluding carboxylic acids is 1. The number of carbonyl (C=O) groups is 1. The summed E-state index contributed by atoms with van der Waals surface area (Å²) in [5.41, 5.74) is 0.657. The van der Waals surface area contributed by atoms with Gasteiger partial charge in [-0.3, -0.25) is 4.79 Å². The molecule has 5 nitrogen and oxygen atoms in total. The summed E-state index contributed by atoms with van der Waals surface area (Å²) in [4.78, 5) is 14.5. The largest absolute Gasteiger partial charge is 0.345 e. The van der Waals surface area contributed by atoms with Crippen LogP contribution in [0, 0.1) is 0 Å². The number of aryl methyl sites for hydroxylation is 2. The maximum absolute atomic E-state index is 10.6. The van der Waals surface area contributed by atoms with E-state index in [0.717, 1.165) is 6.29 Å². The van der Waals surface area contributed by atoms with Gasteiger partial charge in [0, 0.05) is 19.2 Å². The molecule has 0 N–H and O–H groups in total. The van der Waals surface area contributed by atoms with Crippen LogP contribution in [0.5, 0.6) is 0 Å². The van der Waals surface area contributed by atoms with Gasteiger partial charge in [-0.2, -0.15) is 4.98 Å². The number of rotatable bonds is 4. The molecule has 0 aromatic carbocycles. The molecule has 0 aliphatic carbocycles. The van der Waals surface area contributed by atoms with Crippen molar-refractivity contribution in [3.8, 4) is 0 Å². The minimum Gasteiger partial charge on any atom is -0.345 e. The van der Waals surface area contributed by atoms with E-state index in [1.165, 1.54) is 6.33 Å². The van der Waals surface area contributed by atoms with Crippen molar-refractivity contribution in [3.63, 3.8) is 0 Å². The molecule has 2 rings (SSSR count). The smallest absolute Gasteiger partial charge is 0.228 e. The zero-order valence-electron chi connectivity index (χ0n) is 7.46. The van der Waals surface area contributed by atoms with E-state index in [1.54, 1.807) is 6.07 Å². The average Bonchev–Trinajstić information content (AvgIpc) is 2.85. The first kappa shape index (κ1) is 8.68.